The topological polar surface area (TPSA) is 0 Å². The third-order valence-corrected chi connectivity index (χ3v) is 132. The van der Waals surface area contributed by atoms with Crippen LogP contribution in [-0.2, 0) is 0 Å². The number of rotatable bonds is 7. The molecule has 6 heteroatoms. The van der Waals surface area contributed by atoms with E-state index in [2.05, 4.69) is 139 Å². The molecule has 0 unspecified atom stereocenters. The van der Waals surface area contributed by atoms with Gasteiger partial charge in [0.05, 0.1) is 13.3 Å². The fourth-order valence-corrected chi connectivity index (χ4v) is 233. The van der Waals surface area contributed by atoms with Crippen LogP contribution in [0.25, 0.3) is 0 Å². The summed E-state index contributed by atoms with van der Waals surface area (Å²) in [6.45, 7) is 29.6. The Morgan fingerprint density at radius 3 is 0.700 bits per heavy atom. The van der Waals surface area contributed by atoms with Gasteiger partial charge in [-0.1, -0.05) is 150 Å². The summed E-state index contributed by atoms with van der Waals surface area (Å²) in [5.41, 5.74) is 0. The second-order valence-electron chi connectivity index (χ2n) is 13.2. The van der Waals surface area contributed by atoms with Crippen LogP contribution in [0.4, 0.5) is 0 Å². The van der Waals surface area contributed by atoms with E-state index in [-0.39, 0.29) is 0 Å². The summed E-state index contributed by atoms with van der Waals surface area (Å²) in [5.74, 6) is 0. The molecule has 0 amide bonds. The van der Waals surface area contributed by atoms with E-state index in [0.29, 0.717) is 0 Å². The van der Waals surface area contributed by atoms with Crippen molar-refractivity contribution in [2.75, 3.05) is 0 Å². The van der Waals surface area contributed by atoms with Gasteiger partial charge in [0.2, 0.25) is 0 Å². The molecule has 0 bridgehead atoms. The van der Waals surface area contributed by atoms with Crippen LogP contribution >= 0.6 is 0 Å². The molecule has 0 radical (unpaired) electrons. The highest BCUT2D eigenvalue weighted by Crippen LogP contribution is 2.45. The quantitative estimate of drug-likeness (QED) is 0.382. The summed E-state index contributed by atoms with van der Waals surface area (Å²) < 4.78 is 0. The van der Waals surface area contributed by atoms with Gasteiger partial charge in [-0.2, -0.15) is 0 Å². The summed E-state index contributed by atoms with van der Waals surface area (Å²) in [4.78, 5) is 0. The van der Waals surface area contributed by atoms with Crippen LogP contribution in [0.2, 0.25) is 78.6 Å². The van der Waals surface area contributed by atoms with Gasteiger partial charge in [-0.3, -0.25) is 0 Å². The van der Waals surface area contributed by atoms with Crippen LogP contribution in [0.3, 0.4) is 0 Å². The molecule has 0 saturated carbocycles. The molecule has 0 fully saturated rings. The number of hydrogen-bond acceptors (Lipinski definition) is 0. The maximum atomic E-state index is 2.77. The van der Waals surface area contributed by atoms with Crippen LogP contribution < -0.4 is 10.4 Å². The van der Waals surface area contributed by atoms with Crippen molar-refractivity contribution in [3.05, 3.63) is 60.7 Å². The number of hydrogen-bond donors (Lipinski definition) is 0. The first kappa shape index (κ1) is 26.0. The summed E-state index contributed by atoms with van der Waals surface area (Å²) in [6.07, 6.45) is 0. The minimum Gasteiger partial charge on any atom is -0.0716 e. The zero-order chi connectivity index (χ0) is 23.2. The first-order valence-electron chi connectivity index (χ1n) is 11.6. The highest BCUT2D eigenvalue weighted by molar-refractivity contribution is 8.13. The zero-order valence-electron chi connectivity index (χ0n) is 21.8. The smallest absolute Gasteiger partial charge is 0.0696 e. The van der Waals surface area contributed by atoms with Crippen molar-refractivity contribution in [2.45, 2.75) is 78.6 Å². The second-order valence-corrected chi connectivity index (χ2v) is 75.9. The fraction of sp³-hybridized carbons (Fsp3) is 0.500. The fourth-order valence-electron chi connectivity index (χ4n) is 8.04. The lowest BCUT2D eigenvalue weighted by atomic mass is 10.4. The molecule has 0 aliphatic rings. The summed E-state index contributed by atoms with van der Waals surface area (Å²) in [7, 11) is -6.08. The second kappa shape index (κ2) is 8.26. The van der Waals surface area contributed by atoms with Gasteiger partial charge < -0.3 is 0 Å². The Balaban J connectivity index is 3.34. The Morgan fingerprint density at radius 1 is 0.333 bits per heavy atom. The van der Waals surface area contributed by atoms with Gasteiger partial charge in [0.25, 0.3) is 0 Å². The van der Waals surface area contributed by atoms with Gasteiger partial charge in [-0.05, 0) is 0 Å². The van der Waals surface area contributed by atoms with E-state index in [0.717, 1.165) is 0 Å². The predicted molar refractivity (Wildman–Crippen MR) is 157 cm³/mol. The van der Waals surface area contributed by atoms with Crippen molar-refractivity contribution >= 4 is 54.0 Å². The lowest BCUT2D eigenvalue weighted by molar-refractivity contribution is 1.69. The van der Waals surface area contributed by atoms with Crippen molar-refractivity contribution in [3.8, 4) is 0 Å². The SMILES string of the molecule is C[Si](C)(C)[Si](c1ccccc1)([Si](C)(C)C)[Si](c1ccccc1)([Si](C)(C)C)[Si](C)(C)C. The van der Waals surface area contributed by atoms with E-state index < -0.39 is 43.6 Å². The molecule has 0 nitrogen and oxygen atoms in total. The molecule has 0 aromatic heterocycles. The van der Waals surface area contributed by atoms with Crippen LogP contribution in [0.1, 0.15) is 0 Å². The Kier molecular flexibility index (Phi) is 7.16. The molecule has 0 N–H and O–H groups in total. The average Bonchev–Trinajstić information content (AvgIpc) is 2.56. The van der Waals surface area contributed by atoms with Gasteiger partial charge in [-0.15, -0.1) is 0 Å². The lowest BCUT2D eigenvalue weighted by Crippen LogP contribution is -3.03. The van der Waals surface area contributed by atoms with Crippen LogP contribution in [0.15, 0.2) is 60.7 Å². The molecule has 30 heavy (non-hydrogen) atoms. The Labute approximate surface area is 192 Å². The van der Waals surface area contributed by atoms with Crippen LogP contribution in [0, 0.1) is 0 Å². The first-order chi connectivity index (χ1) is 13.5. The Morgan fingerprint density at radius 2 is 0.533 bits per heavy atom. The van der Waals surface area contributed by atoms with E-state index in [1.54, 1.807) is 0 Å². The normalized spacial score (nSPS) is 14.7. The largest absolute Gasteiger partial charge is 0.0716 e. The summed E-state index contributed by atoms with van der Waals surface area (Å²) >= 11 is 0. The third-order valence-electron chi connectivity index (χ3n) is 7.48. The zero-order valence-corrected chi connectivity index (χ0v) is 27.8. The van der Waals surface area contributed by atoms with Crippen molar-refractivity contribution < 1.29 is 0 Å². The van der Waals surface area contributed by atoms with Gasteiger partial charge in [0.15, 0.2) is 0 Å². The minimum absolute atomic E-state index is 1.52. The molecular formula is C24H46Si6. The molecule has 166 valence electrons. The van der Waals surface area contributed by atoms with E-state index in [1.807, 2.05) is 10.4 Å². The van der Waals surface area contributed by atoms with E-state index in [1.165, 1.54) is 0 Å². The molecule has 2 aromatic carbocycles. The van der Waals surface area contributed by atoms with E-state index in [9.17, 15) is 0 Å². The molecule has 0 heterocycles. The van der Waals surface area contributed by atoms with E-state index in [4.69, 9.17) is 0 Å². The van der Waals surface area contributed by atoms with E-state index >= 15 is 0 Å². The Hall–Kier alpha value is -0.259. The third kappa shape index (κ3) is 3.75. The molecular weight excluding hydrogens is 457 g/mol. The average molecular weight is 503 g/mol. The molecule has 0 spiro atoms. The van der Waals surface area contributed by atoms with Gasteiger partial charge in [-0.25, -0.2) is 0 Å². The van der Waals surface area contributed by atoms with Gasteiger partial charge in [0, 0.05) is 30.4 Å². The highest BCUT2D eigenvalue weighted by atomic mass is 30.2. The molecule has 2 aromatic rings. The van der Waals surface area contributed by atoms with Crippen molar-refractivity contribution in [1.82, 2.24) is 0 Å². The number of benzene rings is 2. The minimum atomic E-state index is -1.83. The molecule has 0 aliphatic heterocycles. The first-order valence-corrected chi connectivity index (χ1v) is 34.6. The van der Waals surface area contributed by atoms with Crippen LogP contribution in [0.5, 0.6) is 0 Å². The summed E-state index contributed by atoms with van der Waals surface area (Å²) in [6, 6.07) is 24.3. The molecule has 2 rings (SSSR count). The monoisotopic (exact) mass is 502 g/mol. The summed E-state index contributed by atoms with van der Waals surface area (Å²) in [5, 5.41) is 3.67. The van der Waals surface area contributed by atoms with Crippen molar-refractivity contribution in [3.63, 3.8) is 0 Å². The standard InChI is InChI=1S/C24H46Si6/c1-25(2,3)29(26(4,5)6,23-19-15-13-16-20-23)30(27(7,8)9,28(10,11)12)24-21-17-14-18-22-24/h13-22H,1-12H3. The Bertz CT molecular complexity index is 732. The highest BCUT2D eigenvalue weighted by Gasteiger charge is 2.75. The molecule has 0 atom stereocenters. The maximum absolute atomic E-state index is 2.77. The molecule has 0 saturated heterocycles. The van der Waals surface area contributed by atoms with Gasteiger partial charge in [0.1, 0.15) is 0 Å². The predicted octanol–water partition coefficient (Wildman–Crippen LogP) is 6.44. The maximum Gasteiger partial charge on any atom is 0.0696 e. The molecule has 0 aliphatic carbocycles. The lowest BCUT2D eigenvalue weighted by Gasteiger charge is -2.69. The van der Waals surface area contributed by atoms with Crippen molar-refractivity contribution in [1.29, 1.82) is 0 Å². The van der Waals surface area contributed by atoms with Crippen molar-refractivity contribution in [2.24, 2.45) is 0 Å². The van der Waals surface area contributed by atoms with Crippen LogP contribution in [-0.4, -0.2) is 43.6 Å². The van der Waals surface area contributed by atoms with Gasteiger partial charge >= 0.3 is 0 Å².